The van der Waals surface area contributed by atoms with Crippen LogP contribution in [-0.4, -0.2) is 38.6 Å². The summed E-state index contributed by atoms with van der Waals surface area (Å²) in [5, 5.41) is 7.01. The van der Waals surface area contributed by atoms with Gasteiger partial charge in [0.1, 0.15) is 6.10 Å². The summed E-state index contributed by atoms with van der Waals surface area (Å²) in [5.41, 5.74) is 3.43. The Bertz CT molecular complexity index is 1320. The van der Waals surface area contributed by atoms with Crippen molar-refractivity contribution in [3.63, 3.8) is 0 Å². The number of methoxy groups -OCH3 is 1. The Labute approximate surface area is 176 Å². The number of ether oxygens (including phenoxy) is 2. The molecule has 0 fully saturated rings. The van der Waals surface area contributed by atoms with Gasteiger partial charge in [0.05, 0.1) is 19.1 Å². The highest BCUT2D eigenvalue weighted by molar-refractivity contribution is 5.96. The monoisotopic (exact) mass is 415 g/mol. The zero-order valence-electron chi connectivity index (χ0n) is 16.5. The van der Waals surface area contributed by atoms with Crippen LogP contribution in [0.15, 0.2) is 60.9 Å². The minimum Gasteiger partial charge on any atom is -0.481 e. The molecular weight excluding hydrogens is 398 g/mol. The highest BCUT2D eigenvalue weighted by atomic mass is 16.5. The number of pyridine rings is 2. The Balaban J connectivity index is 1.34. The second kappa shape index (κ2) is 7.52. The fourth-order valence-electron chi connectivity index (χ4n) is 3.58. The largest absolute Gasteiger partial charge is 0.481 e. The van der Waals surface area contributed by atoms with Crippen molar-refractivity contribution in [2.24, 2.45) is 0 Å². The summed E-state index contributed by atoms with van der Waals surface area (Å²) in [5.74, 6) is -0.100. The molecule has 0 saturated heterocycles. The highest BCUT2D eigenvalue weighted by Gasteiger charge is 2.32. The molecule has 1 N–H and O–H groups in total. The van der Waals surface area contributed by atoms with Gasteiger partial charge in [-0.15, -0.1) is 5.10 Å². The maximum absolute atomic E-state index is 12.5. The molecule has 1 atom stereocenters. The molecule has 0 bridgehead atoms. The van der Waals surface area contributed by atoms with E-state index in [4.69, 9.17) is 9.47 Å². The second-order valence-corrected chi connectivity index (χ2v) is 6.95. The fraction of sp³-hybridized carbons (Fsp3) is 0.136. The van der Waals surface area contributed by atoms with Crippen molar-refractivity contribution >= 4 is 23.5 Å². The Kier molecular flexibility index (Phi) is 4.55. The van der Waals surface area contributed by atoms with Gasteiger partial charge in [-0.3, -0.25) is 10.1 Å². The van der Waals surface area contributed by atoms with Gasteiger partial charge in [-0.05, 0) is 30.3 Å². The van der Waals surface area contributed by atoms with Crippen molar-refractivity contribution in [1.29, 1.82) is 0 Å². The van der Waals surface area contributed by atoms with E-state index in [0.29, 0.717) is 22.7 Å². The Morgan fingerprint density at radius 2 is 2.00 bits per heavy atom. The number of cyclic esters (lactones) is 1. The van der Waals surface area contributed by atoms with Crippen molar-refractivity contribution in [3.8, 4) is 17.0 Å². The molecule has 154 valence electrons. The van der Waals surface area contributed by atoms with Crippen molar-refractivity contribution < 1.29 is 19.1 Å². The number of nitrogens with zero attached hydrogens (tertiary/aromatic N) is 4. The maximum Gasteiger partial charge on any atom is 0.339 e. The molecule has 0 unspecified atom stereocenters. The zero-order chi connectivity index (χ0) is 21.4. The van der Waals surface area contributed by atoms with E-state index in [-0.39, 0.29) is 18.3 Å². The SMILES string of the molecule is COc1ncccc1-c1ccc2nc(NC(=O)C[C@H]3OC(=O)c4ccccc43)nn2c1. The first kappa shape index (κ1) is 18.7. The number of nitrogens with one attached hydrogen (secondary N) is 1. The summed E-state index contributed by atoms with van der Waals surface area (Å²) >= 11 is 0. The summed E-state index contributed by atoms with van der Waals surface area (Å²) in [6, 6.07) is 14.4. The molecule has 5 rings (SSSR count). The van der Waals surface area contributed by atoms with E-state index in [1.165, 1.54) is 0 Å². The van der Waals surface area contributed by atoms with E-state index < -0.39 is 12.1 Å². The lowest BCUT2D eigenvalue weighted by Crippen LogP contribution is -2.16. The van der Waals surface area contributed by atoms with Crippen LogP contribution in [0.4, 0.5) is 5.95 Å². The molecule has 1 amide bonds. The van der Waals surface area contributed by atoms with E-state index in [1.807, 2.05) is 24.3 Å². The first-order valence-electron chi connectivity index (χ1n) is 9.58. The molecule has 0 aliphatic carbocycles. The lowest BCUT2D eigenvalue weighted by molar-refractivity contribution is -0.118. The van der Waals surface area contributed by atoms with Crippen LogP contribution < -0.4 is 10.1 Å². The van der Waals surface area contributed by atoms with Gasteiger partial charge in [0.15, 0.2) is 5.65 Å². The maximum atomic E-state index is 12.5. The molecule has 1 aromatic carbocycles. The third kappa shape index (κ3) is 3.46. The van der Waals surface area contributed by atoms with Crippen LogP contribution in [0.2, 0.25) is 0 Å². The molecule has 1 aliphatic rings. The first-order chi connectivity index (χ1) is 15.1. The number of amides is 1. The number of anilines is 1. The minimum atomic E-state index is -0.620. The number of carbonyl (C=O) groups excluding carboxylic acids is 2. The highest BCUT2D eigenvalue weighted by Crippen LogP contribution is 2.33. The molecular formula is C22H17N5O4. The van der Waals surface area contributed by atoms with Crippen molar-refractivity contribution in [2.75, 3.05) is 12.4 Å². The minimum absolute atomic E-state index is 0.0174. The molecule has 9 heteroatoms. The number of aromatic nitrogens is 4. The normalized spacial score (nSPS) is 14.9. The lowest BCUT2D eigenvalue weighted by Gasteiger charge is -2.09. The molecule has 3 aromatic heterocycles. The molecule has 0 radical (unpaired) electrons. The van der Waals surface area contributed by atoms with E-state index in [0.717, 1.165) is 11.1 Å². The number of hydrogen-bond acceptors (Lipinski definition) is 7. The first-order valence-corrected chi connectivity index (χ1v) is 9.58. The Morgan fingerprint density at radius 1 is 1.16 bits per heavy atom. The van der Waals surface area contributed by atoms with Gasteiger partial charge in [-0.25, -0.2) is 14.3 Å². The standard InChI is InChI=1S/C22H17N5O4/c1-30-20-14(7-4-10-23-20)13-8-9-18-24-22(26-27(18)12-13)25-19(28)11-17-15-5-2-3-6-16(15)21(29)31-17/h2-10,12,17H,11H2,1H3,(H,25,26,28)/t17-/m1/s1. The van der Waals surface area contributed by atoms with Crippen LogP contribution in [-0.2, 0) is 9.53 Å². The Morgan fingerprint density at radius 3 is 2.87 bits per heavy atom. The quantitative estimate of drug-likeness (QED) is 0.499. The summed E-state index contributed by atoms with van der Waals surface area (Å²) in [6.45, 7) is 0. The molecule has 0 spiro atoms. The number of hydrogen-bond donors (Lipinski definition) is 1. The zero-order valence-corrected chi connectivity index (χ0v) is 16.5. The summed E-state index contributed by atoms with van der Waals surface area (Å²) in [6.07, 6.45) is 2.80. The van der Waals surface area contributed by atoms with Crippen LogP contribution in [0.5, 0.6) is 5.88 Å². The van der Waals surface area contributed by atoms with Crippen LogP contribution in [0.25, 0.3) is 16.8 Å². The van der Waals surface area contributed by atoms with Gasteiger partial charge >= 0.3 is 5.97 Å². The molecule has 9 nitrogen and oxygen atoms in total. The summed E-state index contributed by atoms with van der Waals surface area (Å²) < 4.78 is 12.2. The van der Waals surface area contributed by atoms with Gasteiger partial charge in [0.25, 0.3) is 0 Å². The van der Waals surface area contributed by atoms with E-state index >= 15 is 0 Å². The van der Waals surface area contributed by atoms with Crippen LogP contribution in [0.3, 0.4) is 0 Å². The number of rotatable bonds is 5. The average molecular weight is 415 g/mol. The van der Waals surface area contributed by atoms with E-state index in [9.17, 15) is 9.59 Å². The number of benzene rings is 1. The van der Waals surface area contributed by atoms with Gasteiger partial charge < -0.3 is 9.47 Å². The third-order valence-corrected chi connectivity index (χ3v) is 5.01. The van der Waals surface area contributed by atoms with Crippen molar-refractivity contribution in [2.45, 2.75) is 12.5 Å². The predicted octanol–water partition coefficient (Wildman–Crippen LogP) is 3.04. The lowest BCUT2D eigenvalue weighted by atomic mass is 10.0. The average Bonchev–Trinajstić information content (AvgIpc) is 3.33. The number of esters is 1. The van der Waals surface area contributed by atoms with Gasteiger partial charge in [-0.2, -0.15) is 4.98 Å². The molecule has 4 heterocycles. The van der Waals surface area contributed by atoms with Crippen LogP contribution >= 0.6 is 0 Å². The molecule has 1 aliphatic heterocycles. The van der Waals surface area contributed by atoms with E-state index in [2.05, 4.69) is 20.4 Å². The van der Waals surface area contributed by atoms with E-state index in [1.54, 1.807) is 48.3 Å². The summed E-state index contributed by atoms with van der Waals surface area (Å²) in [7, 11) is 1.56. The smallest absolute Gasteiger partial charge is 0.339 e. The van der Waals surface area contributed by atoms with Gasteiger partial charge in [-0.1, -0.05) is 18.2 Å². The summed E-state index contributed by atoms with van der Waals surface area (Å²) in [4.78, 5) is 33.0. The predicted molar refractivity (Wildman–Crippen MR) is 111 cm³/mol. The second-order valence-electron chi connectivity index (χ2n) is 6.95. The number of carbonyl (C=O) groups is 2. The molecule has 4 aromatic rings. The third-order valence-electron chi connectivity index (χ3n) is 5.01. The van der Waals surface area contributed by atoms with Gasteiger partial charge in [0, 0.05) is 29.1 Å². The topological polar surface area (TPSA) is 108 Å². The molecule has 31 heavy (non-hydrogen) atoms. The van der Waals surface area contributed by atoms with Crippen LogP contribution in [0.1, 0.15) is 28.4 Å². The Hall–Kier alpha value is -4.27. The molecule has 0 saturated carbocycles. The van der Waals surface area contributed by atoms with Crippen molar-refractivity contribution in [1.82, 2.24) is 19.6 Å². The van der Waals surface area contributed by atoms with Crippen molar-refractivity contribution in [3.05, 3.63) is 72.1 Å². The number of fused-ring (bicyclic) bond motifs is 2. The van der Waals surface area contributed by atoms with Crippen LogP contribution in [0, 0.1) is 0 Å². The van der Waals surface area contributed by atoms with Gasteiger partial charge in [0.2, 0.25) is 17.7 Å². The fourth-order valence-corrected chi connectivity index (χ4v) is 3.58.